The van der Waals surface area contributed by atoms with E-state index in [0.717, 1.165) is 22.7 Å². The van der Waals surface area contributed by atoms with Gasteiger partial charge in [-0.25, -0.2) is 9.78 Å². The maximum atomic E-state index is 12.8. The first-order chi connectivity index (χ1) is 12.7. The highest BCUT2D eigenvalue weighted by atomic mass is 32.1. The third-order valence-corrected chi connectivity index (χ3v) is 6.37. The van der Waals surface area contributed by atoms with Crippen molar-refractivity contribution in [3.8, 4) is 9.88 Å². The van der Waals surface area contributed by atoms with Crippen LogP contribution in [0.4, 0.5) is 4.79 Å². The van der Waals surface area contributed by atoms with E-state index in [4.69, 9.17) is 4.74 Å². The number of carbonyl (C=O) groups is 2. The monoisotopic (exact) mass is 407 g/mol. The summed E-state index contributed by atoms with van der Waals surface area (Å²) in [6.45, 7) is 7.77. The van der Waals surface area contributed by atoms with E-state index in [1.54, 1.807) is 17.5 Å². The lowest BCUT2D eigenvalue weighted by molar-refractivity contribution is 0.0503. The smallest absolute Gasteiger partial charge is 0.407 e. The van der Waals surface area contributed by atoms with Crippen LogP contribution in [0, 0.1) is 5.92 Å². The Kier molecular flexibility index (Phi) is 5.58. The van der Waals surface area contributed by atoms with E-state index in [1.165, 1.54) is 11.3 Å². The van der Waals surface area contributed by atoms with Crippen LogP contribution >= 0.6 is 22.7 Å². The topological polar surface area (TPSA) is 80.3 Å². The summed E-state index contributed by atoms with van der Waals surface area (Å²) in [5.74, 6) is 0.191. The zero-order valence-corrected chi connectivity index (χ0v) is 17.6. The van der Waals surface area contributed by atoms with Crippen LogP contribution in [0.2, 0.25) is 0 Å². The van der Waals surface area contributed by atoms with Gasteiger partial charge in [0.05, 0.1) is 16.6 Å². The van der Waals surface area contributed by atoms with Crippen LogP contribution in [0.1, 0.15) is 50.2 Å². The van der Waals surface area contributed by atoms with Gasteiger partial charge in [0.2, 0.25) is 0 Å². The molecule has 2 amide bonds. The van der Waals surface area contributed by atoms with Crippen LogP contribution in [0.5, 0.6) is 0 Å². The van der Waals surface area contributed by atoms with Crippen LogP contribution in [0.3, 0.4) is 0 Å². The third kappa shape index (κ3) is 5.29. The summed E-state index contributed by atoms with van der Waals surface area (Å²) in [5.41, 5.74) is -1.06. The molecular weight excluding hydrogens is 382 g/mol. The lowest BCUT2D eigenvalue weighted by Crippen LogP contribution is -2.55. The predicted octanol–water partition coefficient (Wildman–Crippen LogP) is 4.29. The van der Waals surface area contributed by atoms with Crippen LogP contribution in [0.25, 0.3) is 9.88 Å². The molecule has 2 aromatic heterocycles. The van der Waals surface area contributed by atoms with Crippen molar-refractivity contribution in [1.82, 2.24) is 15.6 Å². The Bertz CT molecular complexity index is 807. The van der Waals surface area contributed by atoms with Crippen molar-refractivity contribution in [2.75, 3.05) is 6.54 Å². The molecule has 27 heavy (non-hydrogen) atoms. The van der Waals surface area contributed by atoms with E-state index in [1.807, 2.05) is 45.2 Å². The Morgan fingerprint density at radius 2 is 2.04 bits per heavy atom. The summed E-state index contributed by atoms with van der Waals surface area (Å²) in [6, 6.07) is 3.96. The normalized spacial score (nSPS) is 16.4. The predicted molar refractivity (Wildman–Crippen MR) is 108 cm³/mol. The van der Waals surface area contributed by atoms with Crippen LogP contribution in [0.15, 0.2) is 23.7 Å². The third-order valence-electron chi connectivity index (χ3n) is 4.34. The van der Waals surface area contributed by atoms with Crippen LogP contribution in [-0.2, 0) is 4.74 Å². The number of nitrogens with one attached hydrogen (secondary N) is 2. The second-order valence-electron chi connectivity index (χ2n) is 8.01. The SMILES string of the molecule is CC(C)(C)OC(=O)NCC(C)(NC(=O)c1cnc(-c2cccs2)s1)C1CC1. The van der Waals surface area contributed by atoms with E-state index in [0.29, 0.717) is 17.3 Å². The Labute approximate surface area is 167 Å². The molecule has 1 saturated carbocycles. The summed E-state index contributed by atoms with van der Waals surface area (Å²) in [5, 5.41) is 8.74. The molecule has 146 valence electrons. The molecule has 0 aliphatic heterocycles. The summed E-state index contributed by atoms with van der Waals surface area (Å²) >= 11 is 2.98. The highest BCUT2D eigenvalue weighted by Gasteiger charge is 2.43. The second kappa shape index (κ2) is 7.59. The minimum Gasteiger partial charge on any atom is -0.444 e. The van der Waals surface area contributed by atoms with Crippen molar-refractivity contribution < 1.29 is 14.3 Å². The van der Waals surface area contributed by atoms with Gasteiger partial charge in [-0.1, -0.05) is 6.07 Å². The summed E-state index contributed by atoms with van der Waals surface area (Å²) in [6.07, 6.45) is 3.22. The molecule has 2 aromatic rings. The van der Waals surface area contributed by atoms with Crippen LogP contribution in [-0.4, -0.2) is 34.7 Å². The number of thiazole rings is 1. The first kappa shape index (κ1) is 19.8. The molecule has 8 heteroatoms. The van der Waals surface area contributed by atoms with Gasteiger partial charge in [-0.2, -0.15) is 0 Å². The van der Waals surface area contributed by atoms with Gasteiger partial charge in [-0.15, -0.1) is 22.7 Å². The molecule has 0 aromatic carbocycles. The standard InChI is InChI=1S/C19H25N3O3S2/c1-18(2,3)25-17(24)21-11-19(4,12-7-8-12)22-15(23)14-10-20-16(27-14)13-6-5-9-26-13/h5-6,9-10,12H,7-8,11H2,1-4H3,(H,21,24)(H,22,23). The van der Waals surface area contributed by atoms with Crippen molar-refractivity contribution in [3.05, 3.63) is 28.6 Å². The van der Waals surface area contributed by atoms with Gasteiger partial charge in [0.25, 0.3) is 5.91 Å². The Morgan fingerprint density at radius 1 is 1.30 bits per heavy atom. The highest BCUT2D eigenvalue weighted by molar-refractivity contribution is 7.22. The molecule has 6 nitrogen and oxygen atoms in total. The number of thiophene rings is 1. The van der Waals surface area contributed by atoms with Gasteiger partial charge < -0.3 is 15.4 Å². The second-order valence-corrected chi connectivity index (χ2v) is 9.99. The Morgan fingerprint density at radius 3 is 2.63 bits per heavy atom. The molecule has 0 saturated heterocycles. The molecule has 3 rings (SSSR count). The average Bonchev–Trinajstić information content (AvgIpc) is 3.09. The number of ether oxygens (including phenoxy) is 1. The molecule has 0 spiro atoms. The number of aromatic nitrogens is 1. The fourth-order valence-electron chi connectivity index (χ4n) is 2.80. The molecule has 2 heterocycles. The largest absolute Gasteiger partial charge is 0.444 e. The van der Waals surface area contributed by atoms with E-state index >= 15 is 0 Å². The van der Waals surface area contributed by atoms with Gasteiger partial charge in [-0.05, 0) is 57.9 Å². The van der Waals surface area contributed by atoms with Crippen LogP contribution < -0.4 is 10.6 Å². The zero-order valence-electron chi connectivity index (χ0n) is 16.0. The fourth-order valence-corrected chi connectivity index (χ4v) is 4.41. The Hall–Kier alpha value is -1.93. The van der Waals surface area contributed by atoms with E-state index in [-0.39, 0.29) is 5.91 Å². The van der Waals surface area contributed by atoms with Gasteiger partial charge >= 0.3 is 6.09 Å². The van der Waals surface area contributed by atoms with Crippen molar-refractivity contribution in [2.24, 2.45) is 5.92 Å². The van der Waals surface area contributed by atoms with E-state index in [9.17, 15) is 9.59 Å². The first-order valence-corrected chi connectivity index (χ1v) is 10.6. The summed E-state index contributed by atoms with van der Waals surface area (Å²) < 4.78 is 5.30. The van der Waals surface area contributed by atoms with E-state index in [2.05, 4.69) is 15.6 Å². The Balaban J connectivity index is 1.63. The molecule has 1 fully saturated rings. The van der Waals surface area contributed by atoms with E-state index < -0.39 is 17.2 Å². The maximum absolute atomic E-state index is 12.8. The minimum atomic E-state index is -0.551. The molecular formula is C19H25N3O3S2. The molecule has 1 unspecified atom stereocenters. The molecule has 1 aliphatic rings. The number of amides is 2. The molecule has 1 aliphatic carbocycles. The lowest BCUT2D eigenvalue weighted by Gasteiger charge is -2.31. The summed E-state index contributed by atoms with van der Waals surface area (Å²) in [4.78, 5) is 30.7. The van der Waals surface area contributed by atoms with Crippen molar-refractivity contribution in [3.63, 3.8) is 0 Å². The number of rotatable bonds is 6. The maximum Gasteiger partial charge on any atom is 0.407 e. The lowest BCUT2D eigenvalue weighted by atomic mass is 9.95. The van der Waals surface area contributed by atoms with Gasteiger partial charge in [-0.3, -0.25) is 4.79 Å². The number of nitrogens with zero attached hydrogens (tertiary/aromatic N) is 1. The fraction of sp³-hybridized carbons (Fsp3) is 0.526. The number of hydrogen-bond acceptors (Lipinski definition) is 6. The number of hydrogen-bond donors (Lipinski definition) is 2. The number of carbonyl (C=O) groups excluding carboxylic acids is 2. The highest BCUT2D eigenvalue weighted by Crippen LogP contribution is 2.39. The molecule has 2 N–H and O–H groups in total. The molecule has 0 radical (unpaired) electrons. The number of alkyl carbamates (subject to hydrolysis) is 1. The van der Waals surface area contributed by atoms with Gasteiger partial charge in [0.15, 0.2) is 0 Å². The summed E-state index contributed by atoms with van der Waals surface area (Å²) in [7, 11) is 0. The van der Waals surface area contributed by atoms with Crippen molar-refractivity contribution >= 4 is 34.7 Å². The van der Waals surface area contributed by atoms with Crippen molar-refractivity contribution in [1.29, 1.82) is 0 Å². The molecule has 1 atom stereocenters. The first-order valence-electron chi connectivity index (χ1n) is 8.95. The molecule has 0 bridgehead atoms. The average molecular weight is 408 g/mol. The minimum absolute atomic E-state index is 0.157. The van der Waals surface area contributed by atoms with Gasteiger partial charge in [0, 0.05) is 6.54 Å². The zero-order chi connectivity index (χ0) is 19.7. The van der Waals surface area contributed by atoms with Gasteiger partial charge in [0.1, 0.15) is 15.5 Å². The van der Waals surface area contributed by atoms with Crippen molar-refractivity contribution in [2.45, 2.75) is 51.7 Å². The quantitative estimate of drug-likeness (QED) is 0.748.